The first-order valence-corrected chi connectivity index (χ1v) is 8.23. The number of halogens is 2. The van der Waals surface area contributed by atoms with Crippen molar-refractivity contribution < 1.29 is 4.74 Å². The van der Waals surface area contributed by atoms with Gasteiger partial charge in [-0.25, -0.2) is 0 Å². The smallest absolute Gasteiger partial charge is 0.123 e. The first-order chi connectivity index (χ1) is 9.65. The fraction of sp³-hybridized carbons (Fsp3) is 0.625. The number of piperidine rings is 1. The highest BCUT2D eigenvalue weighted by atomic mass is 79.9. The average Bonchev–Trinajstić information content (AvgIpc) is 2.77. The van der Waals surface area contributed by atoms with E-state index in [1.54, 1.807) is 7.11 Å². The van der Waals surface area contributed by atoms with Gasteiger partial charge in [0.2, 0.25) is 0 Å². The number of methoxy groups -OCH3 is 1. The van der Waals surface area contributed by atoms with Crippen molar-refractivity contribution in [2.45, 2.75) is 50.4 Å². The van der Waals surface area contributed by atoms with E-state index < -0.39 is 0 Å². The third-order valence-corrected chi connectivity index (χ3v) is 5.23. The standard InChI is InChI=1S/C16H23BrN2O.ClH/c1-19(15-8-13-4-5-14(9-15)18-13)10-11-7-12(17)3-6-16(11)20-2;/h3,6-7,13-15,18H,4-5,8-10H2,1-2H3;1H. The van der Waals surface area contributed by atoms with Crippen molar-refractivity contribution >= 4 is 28.3 Å². The van der Waals surface area contributed by atoms with E-state index in [4.69, 9.17) is 4.74 Å². The minimum Gasteiger partial charge on any atom is -0.496 e. The van der Waals surface area contributed by atoms with Crippen LogP contribution >= 0.6 is 28.3 Å². The lowest BCUT2D eigenvalue weighted by Crippen LogP contribution is -2.46. The minimum absolute atomic E-state index is 0. The molecule has 0 radical (unpaired) electrons. The van der Waals surface area contributed by atoms with Crippen LogP contribution in [-0.4, -0.2) is 37.2 Å². The van der Waals surface area contributed by atoms with Gasteiger partial charge in [0, 0.05) is 34.7 Å². The molecule has 2 unspecified atom stereocenters. The zero-order valence-electron chi connectivity index (χ0n) is 12.6. The zero-order valence-corrected chi connectivity index (χ0v) is 15.0. The maximum atomic E-state index is 5.48. The Bertz CT molecular complexity index is 473. The molecule has 2 aliphatic rings. The summed E-state index contributed by atoms with van der Waals surface area (Å²) in [5.41, 5.74) is 1.26. The number of hydrogen-bond acceptors (Lipinski definition) is 3. The van der Waals surface area contributed by atoms with E-state index in [-0.39, 0.29) is 12.4 Å². The molecule has 2 saturated heterocycles. The number of hydrogen-bond donors (Lipinski definition) is 1. The summed E-state index contributed by atoms with van der Waals surface area (Å²) in [5, 5.41) is 3.71. The molecule has 5 heteroatoms. The van der Waals surface area contributed by atoms with Crippen LogP contribution in [0.5, 0.6) is 5.75 Å². The summed E-state index contributed by atoms with van der Waals surface area (Å²) in [5.74, 6) is 0.983. The van der Waals surface area contributed by atoms with Crippen LogP contribution in [0.3, 0.4) is 0 Å². The lowest BCUT2D eigenvalue weighted by Gasteiger charge is -2.35. The Labute approximate surface area is 142 Å². The van der Waals surface area contributed by atoms with Crippen LogP contribution in [0, 0.1) is 0 Å². The fourth-order valence-corrected chi connectivity index (χ4v) is 4.06. The van der Waals surface area contributed by atoms with Crippen molar-refractivity contribution in [3.63, 3.8) is 0 Å². The third-order valence-electron chi connectivity index (χ3n) is 4.73. The van der Waals surface area contributed by atoms with E-state index in [1.807, 2.05) is 12.1 Å². The first-order valence-electron chi connectivity index (χ1n) is 7.44. The van der Waals surface area contributed by atoms with Crippen LogP contribution < -0.4 is 10.1 Å². The Hall–Kier alpha value is -0.290. The molecule has 1 N–H and O–H groups in total. The van der Waals surface area contributed by atoms with Gasteiger partial charge in [-0.3, -0.25) is 4.90 Å². The Morgan fingerprint density at radius 3 is 2.57 bits per heavy atom. The molecule has 0 aromatic heterocycles. The van der Waals surface area contributed by atoms with E-state index >= 15 is 0 Å². The molecule has 2 atom stereocenters. The molecule has 2 fully saturated rings. The van der Waals surface area contributed by atoms with Crippen LogP contribution in [0.15, 0.2) is 22.7 Å². The fourth-order valence-electron chi connectivity index (χ4n) is 3.66. The van der Waals surface area contributed by atoms with Crippen LogP contribution in [0.1, 0.15) is 31.2 Å². The van der Waals surface area contributed by atoms with E-state index in [0.717, 1.165) is 28.9 Å². The molecular weight excluding hydrogens is 352 g/mol. The largest absolute Gasteiger partial charge is 0.496 e. The van der Waals surface area contributed by atoms with Crippen LogP contribution in [0.2, 0.25) is 0 Å². The number of benzene rings is 1. The van der Waals surface area contributed by atoms with Gasteiger partial charge in [-0.2, -0.15) is 0 Å². The molecule has 0 saturated carbocycles. The molecule has 2 aliphatic heterocycles. The van der Waals surface area contributed by atoms with Crippen molar-refractivity contribution in [2.24, 2.45) is 0 Å². The maximum absolute atomic E-state index is 5.48. The predicted molar refractivity (Wildman–Crippen MR) is 92.4 cm³/mol. The van der Waals surface area contributed by atoms with Gasteiger partial charge >= 0.3 is 0 Å². The number of nitrogens with one attached hydrogen (secondary N) is 1. The average molecular weight is 376 g/mol. The van der Waals surface area contributed by atoms with E-state index in [9.17, 15) is 0 Å². The summed E-state index contributed by atoms with van der Waals surface area (Å²) in [7, 11) is 3.99. The number of ether oxygens (including phenoxy) is 1. The van der Waals surface area contributed by atoms with Crippen molar-refractivity contribution in [3.8, 4) is 5.75 Å². The van der Waals surface area contributed by atoms with Crippen molar-refractivity contribution in [3.05, 3.63) is 28.2 Å². The van der Waals surface area contributed by atoms with Crippen molar-refractivity contribution in [1.29, 1.82) is 0 Å². The van der Waals surface area contributed by atoms with E-state index in [2.05, 4.69) is 39.3 Å². The Morgan fingerprint density at radius 1 is 1.29 bits per heavy atom. The molecule has 0 amide bonds. The zero-order chi connectivity index (χ0) is 14.1. The SMILES string of the molecule is COc1ccc(Br)cc1CN(C)C1CC2CCC(C1)N2.Cl. The van der Waals surface area contributed by atoms with E-state index in [0.29, 0.717) is 6.04 Å². The molecule has 2 heterocycles. The molecule has 3 nitrogen and oxygen atoms in total. The second-order valence-electron chi connectivity index (χ2n) is 6.13. The molecule has 0 aliphatic carbocycles. The summed E-state index contributed by atoms with van der Waals surface area (Å²) < 4.78 is 6.60. The molecular formula is C16H24BrClN2O. The molecule has 118 valence electrons. The van der Waals surface area contributed by atoms with E-state index in [1.165, 1.54) is 31.2 Å². The molecule has 0 spiro atoms. The van der Waals surface area contributed by atoms with Crippen LogP contribution in [0.4, 0.5) is 0 Å². The molecule has 1 aromatic carbocycles. The molecule has 3 rings (SSSR count). The number of rotatable bonds is 4. The van der Waals surface area contributed by atoms with Gasteiger partial charge in [0.05, 0.1) is 7.11 Å². The highest BCUT2D eigenvalue weighted by Gasteiger charge is 2.35. The highest BCUT2D eigenvalue weighted by Crippen LogP contribution is 2.31. The molecule has 2 bridgehead atoms. The van der Waals surface area contributed by atoms with Crippen LogP contribution in [0.25, 0.3) is 0 Å². The van der Waals surface area contributed by atoms with Crippen molar-refractivity contribution in [2.75, 3.05) is 14.2 Å². The molecule has 21 heavy (non-hydrogen) atoms. The lowest BCUT2D eigenvalue weighted by atomic mass is 9.98. The van der Waals surface area contributed by atoms with Gasteiger partial charge in [-0.1, -0.05) is 15.9 Å². The topological polar surface area (TPSA) is 24.5 Å². The highest BCUT2D eigenvalue weighted by molar-refractivity contribution is 9.10. The van der Waals surface area contributed by atoms with Crippen LogP contribution in [-0.2, 0) is 6.54 Å². The monoisotopic (exact) mass is 374 g/mol. The summed E-state index contributed by atoms with van der Waals surface area (Å²) in [6, 6.07) is 8.42. The number of nitrogens with zero attached hydrogens (tertiary/aromatic N) is 1. The van der Waals surface area contributed by atoms with Crippen molar-refractivity contribution in [1.82, 2.24) is 10.2 Å². The summed E-state index contributed by atoms with van der Waals surface area (Å²) in [6.07, 6.45) is 5.27. The second kappa shape index (κ2) is 7.32. The van der Waals surface area contributed by atoms with Gasteiger partial charge in [0.1, 0.15) is 5.75 Å². The Balaban J connectivity index is 0.00000161. The number of fused-ring (bicyclic) bond motifs is 2. The van der Waals surface area contributed by atoms with Gasteiger partial charge in [0.25, 0.3) is 0 Å². The first kappa shape index (κ1) is 17.1. The Morgan fingerprint density at radius 2 is 1.95 bits per heavy atom. The Kier molecular flexibility index (Phi) is 5.95. The summed E-state index contributed by atoms with van der Waals surface area (Å²) in [4.78, 5) is 2.50. The second-order valence-corrected chi connectivity index (χ2v) is 7.05. The normalized spacial score (nSPS) is 27.5. The predicted octanol–water partition coefficient (Wildman–Crippen LogP) is 3.59. The quantitative estimate of drug-likeness (QED) is 0.870. The summed E-state index contributed by atoms with van der Waals surface area (Å²) >= 11 is 3.56. The van der Waals surface area contributed by atoms with Gasteiger partial charge < -0.3 is 10.1 Å². The van der Waals surface area contributed by atoms with Gasteiger partial charge in [0.15, 0.2) is 0 Å². The minimum atomic E-state index is 0. The lowest BCUT2D eigenvalue weighted by molar-refractivity contribution is 0.164. The maximum Gasteiger partial charge on any atom is 0.123 e. The van der Waals surface area contributed by atoms with Gasteiger partial charge in [-0.05, 0) is 50.9 Å². The summed E-state index contributed by atoms with van der Waals surface area (Å²) in [6.45, 7) is 0.951. The van der Waals surface area contributed by atoms with Gasteiger partial charge in [-0.15, -0.1) is 12.4 Å². The third kappa shape index (κ3) is 3.92. The molecule has 1 aromatic rings.